The second-order valence-corrected chi connectivity index (χ2v) is 10.9. The summed E-state index contributed by atoms with van der Waals surface area (Å²) >= 11 is 5.98. The zero-order chi connectivity index (χ0) is 26.3. The Morgan fingerprint density at radius 2 is 2.05 bits per heavy atom. The van der Waals surface area contributed by atoms with Crippen LogP contribution in [0.15, 0.2) is 30.5 Å². The van der Waals surface area contributed by atoms with E-state index in [1.165, 1.54) is 30.7 Å². The van der Waals surface area contributed by atoms with E-state index >= 15 is 0 Å². The first-order chi connectivity index (χ1) is 17.8. The van der Waals surface area contributed by atoms with Crippen molar-refractivity contribution in [2.75, 3.05) is 12.3 Å². The molecule has 0 radical (unpaired) electrons. The van der Waals surface area contributed by atoms with Gasteiger partial charge in [0.2, 0.25) is 0 Å². The van der Waals surface area contributed by atoms with Crippen molar-refractivity contribution in [2.45, 2.75) is 77.7 Å². The number of aryl methyl sites for hydroxylation is 1. The van der Waals surface area contributed by atoms with E-state index in [0.29, 0.717) is 41.7 Å². The van der Waals surface area contributed by atoms with Crippen LogP contribution in [0.1, 0.15) is 97.7 Å². The standard InChI is InChI=1S/C29H36ClN5O2/c1-4-17(3)6-10-22-28-23(5-2)34(29(37)20-16-32-27(30)15-21(20)31)13-12-25(28)35(33-22)24-11-9-19(14-26(24)36)18-7-8-18/h9,11,14-18,23,36H,4-8,10,12-13H2,1-3H3,(H2,31,32). The van der Waals surface area contributed by atoms with E-state index in [4.69, 9.17) is 22.4 Å². The topological polar surface area (TPSA) is 97.3 Å². The monoisotopic (exact) mass is 521 g/mol. The molecule has 1 aliphatic heterocycles. The maximum Gasteiger partial charge on any atom is 0.258 e. The molecule has 196 valence electrons. The Morgan fingerprint density at radius 1 is 1.27 bits per heavy atom. The number of amides is 1. The number of phenolic OH excluding ortho intramolecular Hbond substituents is 1. The fraction of sp³-hybridized carbons (Fsp3) is 0.483. The lowest BCUT2D eigenvalue weighted by molar-refractivity contribution is 0.0654. The van der Waals surface area contributed by atoms with Crippen LogP contribution in [0, 0.1) is 5.92 Å². The third-order valence-electron chi connectivity index (χ3n) is 8.02. The number of benzene rings is 1. The number of pyridine rings is 1. The van der Waals surface area contributed by atoms with Gasteiger partial charge < -0.3 is 15.7 Å². The van der Waals surface area contributed by atoms with Gasteiger partial charge in [-0.3, -0.25) is 4.79 Å². The fourth-order valence-corrected chi connectivity index (χ4v) is 5.65. The molecule has 2 unspecified atom stereocenters. The number of aromatic nitrogens is 3. The molecule has 7 nitrogen and oxygen atoms in total. The number of anilines is 1. The van der Waals surface area contributed by atoms with Crippen molar-refractivity contribution in [3.63, 3.8) is 0 Å². The highest BCUT2D eigenvalue weighted by molar-refractivity contribution is 6.29. The number of aromatic hydroxyl groups is 1. The van der Waals surface area contributed by atoms with E-state index in [9.17, 15) is 9.90 Å². The number of phenols is 1. The smallest absolute Gasteiger partial charge is 0.258 e. The lowest BCUT2D eigenvalue weighted by atomic mass is 9.90. The average molecular weight is 522 g/mol. The van der Waals surface area contributed by atoms with Crippen molar-refractivity contribution < 1.29 is 9.90 Å². The molecule has 37 heavy (non-hydrogen) atoms. The predicted octanol–water partition coefficient (Wildman–Crippen LogP) is 6.21. The summed E-state index contributed by atoms with van der Waals surface area (Å²) in [5, 5.41) is 16.3. The van der Waals surface area contributed by atoms with E-state index < -0.39 is 0 Å². The average Bonchev–Trinajstić information content (AvgIpc) is 3.68. The Kier molecular flexibility index (Phi) is 7.17. The maximum atomic E-state index is 13.7. The first-order valence-corrected chi connectivity index (χ1v) is 13.9. The molecule has 2 aromatic heterocycles. The number of carbonyl (C=O) groups excluding carboxylic acids is 1. The molecular formula is C29H36ClN5O2. The van der Waals surface area contributed by atoms with Crippen LogP contribution in [0.25, 0.3) is 5.69 Å². The van der Waals surface area contributed by atoms with Gasteiger partial charge in [0.05, 0.1) is 23.0 Å². The summed E-state index contributed by atoms with van der Waals surface area (Å²) in [7, 11) is 0. The van der Waals surface area contributed by atoms with Gasteiger partial charge in [0.25, 0.3) is 5.91 Å². The third kappa shape index (κ3) is 4.93. The number of nitrogen functional groups attached to an aromatic ring is 1. The van der Waals surface area contributed by atoms with Crippen molar-refractivity contribution in [2.24, 2.45) is 5.92 Å². The van der Waals surface area contributed by atoms with Gasteiger partial charge in [-0.2, -0.15) is 5.10 Å². The number of carbonyl (C=O) groups is 1. The van der Waals surface area contributed by atoms with E-state index in [-0.39, 0.29) is 22.9 Å². The molecule has 2 atom stereocenters. The Morgan fingerprint density at radius 3 is 2.70 bits per heavy atom. The molecule has 3 N–H and O–H groups in total. The first kappa shape index (κ1) is 25.6. The van der Waals surface area contributed by atoms with E-state index in [1.54, 1.807) is 0 Å². The lowest BCUT2D eigenvalue weighted by Crippen LogP contribution is -2.40. The number of hydrogen-bond acceptors (Lipinski definition) is 5. The van der Waals surface area contributed by atoms with E-state index in [2.05, 4.69) is 31.8 Å². The molecule has 2 aliphatic rings. The van der Waals surface area contributed by atoms with E-state index in [0.717, 1.165) is 42.6 Å². The van der Waals surface area contributed by atoms with Crippen molar-refractivity contribution in [1.82, 2.24) is 19.7 Å². The number of nitrogens with two attached hydrogens (primary N) is 1. The molecule has 0 saturated heterocycles. The van der Waals surface area contributed by atoms with Crippen LogP contribution in [0.4, 0.5) is 5.69 Å². The molecule has 1 aromatic carbocycles. The number of fused-ring (bicyclic) bond motifs is 1. The molecule has 1 fully saturated rings. The van der Waals surface area contributed by atoms with Gasteiger partial charge in [-0.1, -0.05) is 44.9 Å². The summed E-state index contributed by atoms with van der Waals surface area (Å²) in [6.45, 7) is 7.10. The summed E-state index contributed by atoms with van der Waals surface area (Å²) in [6, 6.07) is 7.39. The van der Waals surface area contributed by atoms with Crippen molar-refractivity contribution >= 4 is 23.2 Å². The lowest BCUT2D eigenvalue weighted by Gasteiger charge is -2.36. The summed E-state index contributed by atoms with van der Waals surface area (Å²) < 4.78 is 1.93. The normalized spacial score (nSPS) is 18.1. The van der Waals surface area contributed by atoms with Crippen molar-refractivity contribution in [3.8, 4) is 11.4 Å². The van der Waals surface area contributed by atoms with Crippen LogP contribution >= 0.6 is 11.6 Å². The van der Waals surface area contributed by atoms with Crippen LogP contribution in [0.2, 0.25) is 5.15 Å². The zero-order valence-corrected chi connectivity index (χ0v) is 22.6. The fourth-order valence-electron chi connectivity index (χ4n) is 5.49. The SMILES string of the molecule is CCC(C)CCc1nn(-c2ccc(C3CC3)cc2O)c2c1C(CC)N(C(=O)c1cnc(Cl)cc1N)CC2. The summed E-state index contributed by atoms with van der Waals surface area (Å²) in [6.07, 6.45) is 8.18. The Bertz CT molecular complexity index is 1320. The Balaban J connectivity index is 1.56. The van der Waals surface area contributed by atoms with Crippen LogP contribution < -0.4 is 5.73 Å². The van der Waals surface area contributed by atoms with Gasteiger partial charge >= 0.3 is 0 Å². The predicted molar refractivity (Wildman–Crippen MR) is 146 cm³/mol. The van der Waals surface area contributed by atoms with Gasteiger partial charge in [-0.25, -0.2) is 9.67 Å². The highest BCUT2D eigenvalue weighted by atomic mass is 35.5. The van der Waals surface area contributed by atoms with Crippen molar-refractivity contribution in [1.29, 1.82) is 0 Å². The quantitative estimate of drug-likeness (QED) is 0.343. The Hall–Kier alpha value is -3.06. The summed E-state index contributed by atoms with van der Waals surface area (Å²) in [5.41, 5.74) is 11.9. The molecule has 8 heteroatoms. The molecule has 1 amide bonds. The molecule has 3 heterocycles. The molecular weight excluding hydrogens is 486 g/mol. The third-order valence-corrected chi connectivity index (χ3v) is 8.23. The molecule has 5 rings (SSSR count). The maximum absolute atomic E-state index is 13.7. The van der Waals surface area contributed by atoms with Crippen LogP contribution in [0.5, 0.6) is 5.75 Å². The number of halogens is 1. The second-order valence-electron chi connectivity index (χ2n) is 10.6. The first-order valence-electron chi connectivity index (χ1n) is 13.5. The van der Waals surface area contributed by atoms with Crippen LogP contribution in [0.3, 0.4) is 0 Å². The molecule has 0 bridgehead atoms. The van der Waals surface area contributed by atoms with Gasteiger partial charge in [-0.05, 0) is 67.7 Å². The summed E-state index contributed by atoms with van der Waals surface area (Å²) in [5.74, 6) is 1.26. The van der Waals surface area contributed by atoms with E-state index in [1.807, 2.05) is 21.7 Å². The number of nitrogens with zero attached hydrogens (tertiary/aromatic N) is 4. The van der Waals surface area contributed by atoms with Gasteiger partial charge in [-0.15, -0.1) is 0 Å². The molecule has 1 aliphatic carbocycles. The molecule has 3 aromatic rings. The van der Waals surface area contributed by atoms with Gasteiger partial charge in [0.15, 0.2) is 0 Å². The second kappa shape index (κ2) is 10.4. The van der Waals surface area contributed by atoms with Crippen LogP contribution in [-0.4, -0.2) is 37.2 Å². The minimum atomic E-state index is -0.142. The molecule has 1 saturated carbocycles. The number of hydrogen-bond donors (Lipinski definition) is 2. The Labute approximate surface area is 223 Å². The van der Waals surface area contributed by atoms with Crippen molar-refractivity contribution in [3.05, 3.63) is 63.7 Å². The number of rotatable bonds is 8. The zero-order valence-electron chi connectivity index (χ0n) is 21.9. The van der Waals surface area contributed by atoms with Crippen LogP contribution in [-0.2, 0) is 12.8 Å². The highest BCUT2D eigenvalue weighted by Gasteiger charge is 2.37. The summed E-state index contributed by atoms with van der Waals surface area (Å²) in [4.78, 5) is 19.7. The highest BCUT2D eigenvalue weighted by Crippen LogP contribution is 2.43. The van der Waals surface area contributed by atoms with Gasteiger partial charge in [0, 0.05) is 30.4 Å². The minimum Gasteiger partial charge on any atom is -0.506 e. The largest absolute Gasteiger partial charge is 0.506 e. The minimum absolute atomic E-state index is 0.139. The molecule has 0 spiro atoms. The van der Waals surface area contributed by atoms with Gasteiger partial charge in [0.1, 0.15) is 16.6 Å².